The molecule has 4 nitrogen and oxygen atoms in total. The van der Waals surface area contributed by atoms with Crippen LogP contribution in [0.5, 0.6) is 0 Å². The lowest BCUT2D eigenvalue weighted by molar-refractivity contribution is -0.135. The molecule has 0 aliphatic carbocycles. The zero-order chi connectivity index (χ0) is 9.83. The number of alkyl halides is 3. The molecule has 0 saturated carbocycles. The fraction of sp³-hybridized carbons (Fsp3) is 1.00. The van der Waals surface area contributed by atoms with Gasteiger partial charge in [0.25, 0.3) is 0 Å². The minimum Gasteiger partial charge on any atom is -0.273 e. The SMILES string of the molecule is O=S(=O)(O)NCCCC(F)(F)F. The molecule has 2 N–H and O–H groups in total. The summed E-state index contributed by atoms with van der Waals surface area (Å²) in [6, 6.07) is 0. The fourth-order valence-corrected chi connectivity index (χ4v) is 0.892. The van der Waals surface area contributed by atoms with Gasteiger partial charge in [-0.15, -0.1) is 0 Å². The van der Waals surface area contributed by atoms with Crippen LogP contribution in [-0.2, 0) is 10.3 Å². The van der Waals surface area contributed by atoms with E-state index in [9.17, 15) is 21.6 Å². The number of hydrogen-bond acceptors (Lipinski definition) is 2. The van der Waals surface area contributed by atoms with E-state index in [0.29, 0.717) is 0 Å². The number of halogens is 3. The Labute approximate surface area is 67.6 Å². The van der Waals surface area contributed by atoms with Gasteiger partial charge in [-0.3, -0.25) is 4.55 Å². The summed E-state index contributed by atoms with van der Waals surface area (Å²) >= 11 is 0. The lowest BCUT2D eigenvalue weighted by Gasteiger charge is -2.04. The Hall–Kier alpha value is -0.340. The largest absolute Gasteiger partial charge is 0.389 e. The summed E-state index contributed by atoms with van der Waals surface area (Å²) in [5, 5.41) is 0. The maximum Gasteiger partial charge on any atom is 0.389 e. The first-order valence-electron chi connectivity index (χ1n) is 2.99. The van der Waals surface area contributed by atoms with Crippen molar-refractivity contribution < 1.29 is 26.1 Å². The maximum atomic E-state index is 11.4. The molecule has 0 atom stereocenters. The number of nitrogens with one attached hydrogen (secondary N) is 1. The van der Waals surface area contributed by atoms with E-state index < -0.39 is 29.4 Å². The van der Waals surface area contributed by atoms with Gasteiger partial charge < -0.3 is 0 Å². The molecular formula is C4H8F3NO3S. The summed E-state index contributed by atoms with van der Waals surface area (Å²) in [5.41, 5.74) is 0. The van der Waals surface area contributed by atoms with E-state index in [1.807, 2.05) is 0 Å². The molecule has 0 unspecified atom stereocenters. The van der Waals surface area contributed by atoms with Crippen molar-refractivity contribution in [2.45, 2.75) is 19.0 Å². The topological polar surface area (TPSA) is 66.4 Å². The first-order valence-corrected chi connectivity index (χ1v) is 4.43. The molecular weight excluding hydrogens is 199 g/mol. The molecule has 0 spiro atoms. The summed E-state index contributed by atoms with van der Waals surface area (Å²) < 4.78 is 63.7. The third-order valence-corrected chi connectivity index (χ3v) is 1.49. The third-order valence-electron chi connectivity index (χ3n) is 0.921. The Morgan fingerprint density at radius 3 is 2.17 bits per heavy atom. The Kier molecular flexibility index (Phi) is 3.94. The highest BCUT2D eigenvalue weighted by Gasteiger charge is 2.26. The van der Waals surface area contributed by atoms with E-state index in [1.54, 1.807) is 0 Å². The molecule has 8 heteroatoms. The lowest BCUT2D eigenvalue weighted by atomic mass is 10.3. The van der Waals surface area contributed by atoms with E-state index in [1.165, 1.54) is 4.72 Å². The first-order chi connectivity index (χ1) is 5.21. The third kappa shape index (κ3) is 9.66. The van der Waals surface area contributed by atoms with Gasteiger partial charge in [-0.25, -0.2) is 0 Å². The standard InChI is InChI=1S/C4H8F3NO3S/c5-4(6,7)2-1-3-8-12(9,10)11/h8H,1-3H2,(H,9,10,11). The second-order valence-electron chi connectivity index (χ2n) is 2.09. The van der Waals surface area contributed by atoms with Crippen molar-refractivity contribution in [3.63, 3.8) is 0 Å². The van der Waals surface area contributed by atoms with Crippen LogP contribution in [0.3, 0.4) is 0 Å². The summed E-state index contributed by atoms with van der Waals surface area (Å²) in [6.07, 6.45) is -5.75. The molecule has 0 rings (SSSR count). The van der Waals surface area contributed by atoms with Crippen molar-refractivity contribution >= 4 is 10.3 Å². The van der Waals surface area contributed by atoms with Crippen molar-refractivity contribution in [3.05, 3.63) is 0 Å². The predicted molar refractivity (Wildman–Crippen MR) is 34.8 cm³/mol. The van der Waals surface area contributed by atoms with Gasteiger partial charge in [0.15, 0.2) is 0 Å². The van der Waals surface area contributed by atoms with Gasteiger partial charge >= 0.3 is 16.5 Å². The van der Waals surface area contributed by atoms with Gasteiger partial charge in [0.05, 0.1) is 0 Å². The van der Waals surface area contributed by atoms with Crippen LogP contribution in [0.15, 0.2) is 0 Å². The zero-order valence-corrected chi connectivity index (χ0v) is 6.74. The van der Waals surface area contributed by atoms with E-state index in [0.717, 1.165) is 0 Å². The van der Waals surface area contributed by atoms with Gasteiger partial charge in [0.2, 0.25) is 0 Å². The summed E-state index contributed by atoms with van der Waals surface area (Å²) in [5.74, 6) is 0. The summed E-state index contributed by atoms with van der Waals surface area (Å²) in [7, 11) is -4.36. The monoisotopic (exact) mass is 207 g/mol. The second-order valence-corrected chi connectivity index (χ2v) is 3.33. The number of rotatable bonds is 4. The maximum absolute atomic E-state index is 11.4. The molecule has 0 aliphatic heterocycles. The van der Waals surface area contributed by atoms with Crippen molar-refractivity contribution in [3.8, 4) is 0 Å². The van der Waals surface area contributed by atoms with Crippen LogP contribution in [0.4, 0.5) is 13.2 Å². The van der Waals surface area contributed by atoms with Crippen LogP contribution in [0, 0.1) is 0 Å². The molecule has 0 bridgehead atoms. The molecule has 0 aromatic heterocycles. The van der Waals surface area contributed by atoms with Crippen molar-refractivity contribution in [1.29, 1.82) is 0 Å². The lowest BCUT2D eigenvalue weighted by Crippen LogP contribution is -2.24. The zero-order valence-electron chi connectivity index (χ0n) is 5.93. The van der Waals surface area contributed by atoms with Gasteiger partial charge in [-0.1, -0.05) is 0 Å². The Balaban J connectivity index is 3.48. The molecule has 74 valence electrons. The summed E-state index contributed by atoms with van der Waals surface area (Å²) in [4.78, 5) is 0. The van der Waals surface area contributed by atoms with Gasteiger partial charge in [-0.2, -0.15) is 26.3 Å². The molecule has 0 aliphatic rings. The van der Waals surface area contributed by atoms with Crippen LogP contribution in [0.1, 0.15) is 12.8 Å². The smallest absolute Gasteiger partial charge is 0.273 e. The average molecular weight is 207 g/mol. The van der Waals surface area contributed by atoms with Crippen LogP contribution in [0.25, 0.3) is 0 Å². The van der Waals surface area contributed by atoms with Gasteiger partial charge in [-0.05, 0) is 6.42 Å². The van der Waals surface area contributed by atoms with Crippen LogP contribution in [0.2, 0.25) is 0 Å². The van der Waals surface area contributed by atoms with Crippen LogP contribution >= 0.6 is 0 Å². The molecule has 0 aromatic rings. The van der Waals surface area contributed by atoms with E-state index >= 15 is 0 Å². The predicted octanol–water partition coefficient (Wildman–Crippen LogP) is 0.721. The normalized spacial score (nSPS) is 13.3. The van der Waals surface area contributed by atoms with Crippen molar-refractivity contribution in [2.75, 3.05) is 6.54 Å². The minimum absolute atomic E-state index is 0.386. The van der Waals surface area contributed by atoms with E-state index in [4.69, 9.17) is 4.55 Å². The molecule has 12 heavy (non-hydrogen) atoms. The number of hydrogen-bond donors (Lipinski definition) is 2. The average Bonchev–Trinajstić information content (AvgIpc) is 1.76. The first kappa shape index (κ1) is 11.7. The molecule has 0 saturated heterocycles. The Bertz CT molecular complexity index is 222. The van der Waals surface area contributed by atoms with Crippen molar-refractivity contribution in [2.24, 2.45) is 0 Å². The molecule has 0 amide bonds. The second kappa shape index (κ2) is 4.06. The Morgan fingerprint density at radius 2 is 1.83 bits per heavy atom. The van der Waals surface area contributed by atoms with Crippen molar-refractivity contribution in [1.82, 2.24) is 4.72 Å². The highest BCUT2D eigenvalue weighted by molar-refractivity contribution is 7.83. The van der Waals surface area contributed by atoms with Crippen LogP contribution in [-0.4, -0.2) is 25.7 Å². The summed E-state index contributed by atoms with van der Waals surface area (Å²) in [6.45, 7) is -0.418. The highest BCUT2D eigenvalue weighted by atomic mass is 32.2. The molecule has 0 fully saturated rings. The molecule has 0 heterocycles. The molecule has 0 radical (unpaired) electrons. The van der Waals surface area contributed by atoms with Gasteiger partial charge in [0.1, 0.15) is 0 Å². The fourth-order valence-electron chi connectivity index (χ4n) is 0.490. The van der Waals surface area contributed by atoms with Gasteiger partial charge in [0, 0.05) is 13.0 Å². The quantitative estimate of drug-likeness (QED) is 0.527. The minimum atomic E-state index is -4.36. The van der Waals surface area contributed by atoms with E-state index in [2.05, 4.69) is 0 Å². The molecule has 0 aromatic carbocycles. The van der Waals surface area contributed by atoms with E-state index in [-0.39, 0.29) is 6.42 Å². The van der Waals surface area contributed by atoms with Crippen LogP contribution < -0.4 is 4.72 Å². The Morgan fingerprint density at radius 1 is 1.33 bits per heavy atom. The highest BCUT2D eigenvalue weighted by Crippen LogP contribution is 2.20.